The van der Waals surface area contributed by atoms with E-state index in [9.17, 15) is 0 Å². The van der Waals surface area contributed by atoms with E-state index >= 15 is 0 Å². The molecule has 4 heteroatoms. The van der Waals surface area contributed by atoms with E-state index in [2.05, 4.69) is 53.2 Å². The molecular weight excluding hydrogens is 260 g/mol. The fraction of sp³-hybridized carbons (Fsp3) is 0.412. The Morgan fingerprint density at radius 1 is 1.19 bits per heavy atom. The van der Waals surface area contributed by atoms with Crippen LogP contribution in [0.15, 0.2) is 42.7 Å². The third-order valence-corrected chi connectivity index (χ3v) is 3.48. The van der Waals surface area contributed by atoms with Crippen molar-refractivity contribution in [3.05, 3.63) is 54.1 Å². The minimum Gasteiger partial charge on any atom is -0.367 e. The average Bonchev–Trinajstić information content (AvgIpc) is 2.53. The highest BCUT2D eigenvalue weighted by molar-refractivity contribution is 5.44. The van der Waals surface area contributed by atoms with Gasteiger partial charge in [0.1, 0.15) is 0 Å². The molecule has 112 valence electrons. The first-order valence-corrected chi connectivity index (χ1v) is 7.51. The molecule has 0 saturated heterocycles. The quantitative estimate of drug-likeness (QED) is 0.848. The standard InChI is InChI=1S/C17H24N4/c1-4-10-18-14(2)17-9-8-16(12-20-17)21(3)13-15-7-5-6-11-19-15/h5-9,11-12,14,18H,4,10,13H2,1-3H3. The summed E-state index contributed by atoms with van der Waals surface area (Å²) in [6, 6.07) is 10.5. The molecule has 0 fully saturated rings. The summed E-state index contributed by atoms with van der Waals surface area (Å²) < 4.78 is 0. The third-order valence-electron chi connectivity index (χ3n) is 3.48. The van der Waals surface area contributed by atoms with Crippen LogP contribution in [-0.2, 0) is 6.54 Å². The summed E-state index contributed by atoms with van der Waals surface area (Å²) in [4.78, 5) is 11.1. The van der Waals surface area contributed by atoms with Gasteiger partial charge in [-0.1, -0.05) is 13.0 Å². The largest absolute Gasteiger partial charge is 0.367 e. The lowest BCUT2D eigenvalue weighted by Gasteiger charge is -2.19. The van der Waals surface area contributed by atoms with Gasteiger partial charge in [-0.3, -0.25) is 9.97 Å². The number of rotatable bonds is 7. The molecule has 0 amide bonds. The van der Waals surface area contributed by atoms with Crippen LogP contribution in [-0.4, -0.2) is 23.6 Å². The van der Waals surface area contributed by atoms with Crippen molar-refractivity contribution in [1.29, 1.82) is 0 Å². The summed E-state index contributed by atoms with van der Waals surface area (Å²) in [5.41, 5.74) is 3.24. The zero-order valence-corrected chi connectivity index (χ0v) is 13.1. The number of hydrogen-bond donors (Lipinski definition) is 1. The van der Waals surface area contributed by atoms with Gasteiger partial charge in [-0.15, -0.1) is 0 Å². The molecule has 0 aliphatic carbocycles. The molecule has 2 rings (SSSR count). The molecule has 2 aromatic heterocycles. The van der Waals surface area contributed by atoms with Crippen LogP contribution in [0.3, 0.4) is 0 Å². The lowest BCUT2D eigenvalue weighted by atomic mass is 10.2. The Labute approximate surface area is 127 Å². The molecule has 0 bridgehead atoms. The van der Waals surface area contributed by atoms with Crippen molar-refractivity contribution < 1.29 is 0 Å². The van der Waals surface area contributed by atoms with Gasteiger partial charge in [0.2, 0.25) is 0 Å². The van der Waals surface area contributed by atoms with Crippen molar-refractivity contribution in [2.24, 2.45) is 0 Å². The number of anilines is 1. The number of pyridine rings is 2. The molecular formula is C17H24N4. The van der Waals surface area contributed by atoms with E-state index in [0.29, 0.717) is 6.04 Å². The van der Waals surface area contributed by atoms with Gasteiger partial charge in [0.05, 0.1) is 29.8 Å². The van der Waals surface area contributed by atoms with E-state index in [-0.39, 0.29) is 0 Å². The minimum absolute atomic E-state index is 0.292. The molecule has 2 heterocycles. The first kappa shape index (κ1) is 15.4. The van der Waals surface area contributed by atoms with Gasteiger partial charge in [0, 0.05) is 19.3 Å². The van der Waals surface area contributed by atoms with E-state index in [1.165, 1.54) is 0 Å². The van der Waals surface area contributed by atoms with Crippen molar-refractivity contribution in [3.8, 4) is 0 Å². The van der Waals surface area contributed by atoms with Crippen LogP contribution in [0.5, 0.6) is 0 Å². The maximum absolute atomic E-state index is 4.57. The summed E-state index contributed by atoms with van der Waals surface area (Å²) in [7, 11) is 2.06. The topological polar surface area (TPSA) is 41.0 Å². The Morgan fingerprint density at radius 2 is 2.05 bits per heavy atom. The van der Waals surface area contributed by atoms with Crippen LogP contribution in [0.25, 0.3) is 0 Å². The van der Waals surface area contributed by atoms with E-state index < -0.39 is 0 Å². The highest BCUT2D eigenvalue weighted by Crippen LogP contribution is 2.16. The van der Waals surface area contributed by atoms with E-state index in [4.69, 9.17) is 0 Å². The van der Waals surface area contributed by atoms with Gasteiger partial charge < -0.3 is 10.2 Å². The summed E-state index contributed by atoms with van der Waals surface area (Å²) in [6.07, 6.45) is 4.89. The molecule has 0 aromatic carbocycles. The first-order valence-electron chi connectivity index (χ1n) is 7.51. The van der Waals surface area contributed by atoms with Gasteiger partial charge >= 0.3 is 0 Å². The number of hydrogen-bond acceptors (Lipinski definition) is 4. The third kappa shape index (κ3) is 4.53. The first-order chi connectivity index (χ1) is 10.2. The van der Waals surface area contributed by atoms with Crippen LogP contribution < -0.4 is 10.2 Å². The van der Waals surface area contributed by atoms with E-state index in [0.717, 1.165) is 36.6 Å². The van der Waals surface area contributed by atoms with E-state index in [1.807, 2.05) is 30.6 Å². The SMILES string of the molecule is CCCNC(C)c1ccc(N(C)Cc2ccccn2)cn1. The molecule has 0 saturated carbocycles. The molecule has 1 unspecified atom stereocenters. The molecule has 0 aliphatic heterocycles. The monoisotopic (exact) mass is 284 g/mol. The minimum atomic E-state index is 0.292. The summed E-state index contributed by atoms with van der Waals surface area (Å²) in [6.45, 7) is 6.12. The van der Waals surface area contributed by atoms with Crippen molar-refractivity contribution >= 4 is 5.69 Å². The van der Waals surface area contributed by atoms with Crippen LogP contribution in [0.4, 0.5) is 5.69 Å². The zero-order valence-electron chi connectivity index (χ0n) is 13.1. The summed E-state index contributed by atoms with van der Waals surface area (Å²) in [5.74, 6) is 0. The van der Waals surface area contributed by atoms with Gasteiger partial charge in [0.25, 0.3) is 0 Å². The lowest BCUT2D eigenvalue weighted by Crippen LogP contribution is -2.21. The molecule has 0 radical (unpaired) electrons. The lowest BCUT2D eigenvalue weighted by molar-refractivity contribution is 0.558. The highest BCUT2D eigenvalue weighted by Gasteiger charge is 2.07. The van der Waals surface area contributed by atoms with Gasteiger partial charge in [0.15, 0.2) is 0 Å². The normalized spacial score (nSPS) is 12.1. The average molecular weight is 284 g/mol. The second-order valence-electron chi connectivity index (χ2n) is 5.29. The fourth-order valence-corrected chi connectivity index (χ4v) is 2.17. The molecule has 2 aromatic rings. The Hall–Kier alpha value is -1.94. The fourth-order valence-electron chi connectivity index (χ4n) is 2.17. The van der Waals surface area contributed by atoms with Crippen molar-refractivity contribution in [2.75, 3.05) is 18.5 Å². The summed E-state index contributed by atoms with van der Waals surface area (Å²) >= 11 is 0. The number of nitrogens with zero attached hydrogens (tertiary/aromatic N) is 3. The molecule has 1 atom stereocenters. The van der Waals surface area contributed by atoms with Crippen LogP contribution in [0.1, 0.15) is 37.7 Å². The maximum atomic E-state index is 4.57. The van der Waals surface area contributed by atoms with Crippen LogP contribution in [0.2, 0.25) is 0 Å². The predicted molar refractivity (Wildman–Crippen MR) is 87.3 cm³/mol. The van der Waals surface area contributed by atoms with Gasteiger partial charge in [-0.25, -0.2) is 0 Å². The second kappa shape index (κ2) is 7.74. The second-order valence-corrected chi connectivity index (χ2v) is 5.29. The molecule has 21 heavy (non-hydrogen) atoms. The van der Waals surface area contributed by atoms with Crippen molar-refractivity contribution in [2.45, 2.75) is 32.9 Å². The van der Waals surface area contributed by atoms with Crippen LogP contribution >= 0.6 is 0 Å². The Balaban J connectivity index is 1.98. The molecule has 0 aliphatic rings. The zero-order chi connectivity index (χ0) is 15.1. The van der Waals surface area contributed by atoms with Crippen molar-refractivity contribution in [3.63, 3.8) is 0 Å². The van der Waals surface area contributed by atoms with Gasteiger partial charge in [-0.2, -0.15) is 0 Å². The predicted octanol–water partition coefficient (Wildman–Crippen LogP) is 3.17. The smallest absolute Gasteiger partial charge is 0.0599 e. The molecule has 0 spiro atoms. The number of nitrogens with one attached hydrogen (secondary N) is 1. The van der Waals surface area contributed by atoms with Crippen LogP contribution in [0, 0.1) is 0 Å². The number of aromatic nitrogens is 2. The Bertz CT molecular complexity index is 524. The Kier molecular flexibility index (Phi) is 5.69. The van der Waals surface area contributed by atoms with Crippen molar-refractivity contribution in [1.82, 2.24) is 15.3 Å². The highest BCUT2D eigenvalue weighted by atomic mass is 15.1. The maximum Gasteiger partial charge on any atom is 0.0599 e. The van der Waals surface area contributed by atoms with Gasteiger partial charge in [-0.05, 0) is 44.2 Å². The molecule has 1 N–H and O–H groups in total. The molecule has 4 nitrogen and oxygen atoms in total. The van der Waals surface area contributed by atoms with E-state index in [1.54, 1.807) is 0 Å². The summed E-state index contributed by atoms with van der Waals surface area (Å²) in [5, 5.41) is 3.45. The Morgan fingerprint density at radius 3 is 2.67 bits per heavy atom.